The summed E-state index contributed by atoms with van der Waals surface area (Å²) in [4.78, 5) is 24.2. The van der Waals surface area contributed by atoms with E-state index in [2.05, 4.69) is 6.92 Å². The van der Waals surface area contributed by atoms with Gasteiger partial charge in [-0.3, -0.25) is 4.79 Å². The molecular formula is C49H76O20. The van der Waals surface area contributed by atoms with Crippen LogP contribution >= 0.6 is 0 Å². The third-order valence-corrected chi connectivity index (χ3v) is 18.4. The number of carbonyl (C=O) groups is 2. The van der Waals surface area contributed by atoms with Crippen molar-refractivity contribution in [2.24, 2.45) is 34.5 Å². The molecule has 0 radical (unpaired) electrons. The lowest BCUT2D eigenvalue weighted by molar-refractivity contribution is -0.355. The molecule has 5 heterocycles. The topological polar surface area (TPSA) is 288 Å². The summed E-state index contributed by atoms with van der Waals surface area (Å²) in [6.45, 7) is 10.3. The minimum Gasteiger partial charge on any atom is -0.459 e. The number of carbonyl (C=O) groups excluding carboxylic acids is 2. The molecule has 8 fully saturated rings. The van der Waals surface area contributed by atoms with Crippen LogP contribution in [0.2, 0.25) is 0 Å². The molecule has 0 unspecified atom stereocenters. The van der Waals surface area contributed by atoms with Crippen molar-refractivity contribution in [3.8, 4) is 0 Å². The van der Waals surface area contributed by atoms with E-state index in [9.17, 15) is 50.4 Å². The number of aliphatic hydroxyl groups excluding tert-OH is 7. The van der Waals surface area contributed by atoms with E-state index in [0.29, 0.717) is 25.2 Å². The Hall–Kier alpha value is -1.96. The zero-order valence-corrected chi connectivity index (χ0v) is 40.5. The quantitative estimate of drug-likeness (QED) is 0.104. The number of esters is 2. The van der Waals surface area contributed by atoms with Crippen molar-refractivity contribution in [2.45, 2.75) is 234 Å². The van der Waals surface area contributed by atoms with E-state index in [0.717, 1.165) is 37.7 Å². The number of aliphatic hydroxyl groups is 8. The summed E-state index contributed by atoms with van der Waals surface area (Å²) in [6.07, 6.45) is -11.1. The molecule has 8 N–H and O–H groups in total. The van der Waals surface area contributed by atoms with Crippen molar-refractivity contribution < 1.29 is 97.8 Å². The zero-order chi connectivity index (χ0) is 49.5. The molecule has 0 amide bonds. The van der Waals surface area contributed by atoms with Gasteiger partial charge in [-0.15, -0.1) is 0 Å². The van der Waals surface area contributed by atoms with E-state index in [4.69, 9.17) is 47.4 Å². The molecule has 5 aliphatic heterocycles. The number of hydrogen-bond acceptors (Lipinski definition) is 20. The van der Waals surface area contributed by atoms with Gasteiger partial charge in [-0.2, -0.15) is 0 Å². The summed E-state index contributed by atoms with van der Waals surface area (Å²) in [6, 6.07) is 0. The van der Waals surface area contributed by atoms with Gasteiger partial charge in [0.1, 0.15) is 55.4 Å². The van der Waals surface area contributed by atoms with Crippen LogP contribution in [0.15, 0.2) is 11.6 Å². The standard InChI is InChI=1S/C49H76O20/c1-21-43(67-38-17-32(53)44(22(2)62-38)68-39-18-33(64-24(4)51)45(23(3)63-39)69-46-42(58)41(57)40(56)34(19-50)66-46)31(52)16-37(61-21)65-27-9-11-47(5)26(14-27)7-8-29-30(47)15-35(54)48(6)28(10-12-49(29,48)59)25-13-36(55)60-20-25/h13,21-23,26-35,37-46,50,52-54,56-59H,7-12,14-20H2,1-6H3/t21-,22-,23-,26-,27+,28-,29-,30+,31+,32+,33+,34-,35-,37+,38+,39+,40-,41+,42-,43-,44-,45-,46+,47+,48+,49+/m0/s1. The van der Waals surface area contributed by atoms with Crippen LogP contribution in [0.4, 0.5) is 0 Å². The maximum absolute atomic E-state index is 12.6. The fourth-order valence-electron chi connectivity index (χ4n) is 14.6. The minimum atomic E-state index is -1.69. The largest absolute Gasteiger partial charge is 0.459 e. The molecule has 9 aliphatic rings. The van der Waals surface area contributed by atoms with Crippen molar-refractivity contribution in [1.29, 1.82) is 0 Å². The van der Waals surface area contributed by atoms with Gasteiger partial charge in [-0.05, 0) is 107 Å². The number of fused-ring (bicyclic) bond motifs is 5. The Morgan fingerprint density at radius 3 is 1.93 bits per heavy atom. The van der Waals surface area contributed by atoms with E-state index >= 15 is 0 Å². The summed E-state index contributed by atoms with van der Waals surface area (Å²) in [5.74, 6) is -0.580. The minimum absolute atomic E-state index is 0.00421. The first-order chi connectivity index (χ1) is 32.6. The van der Waals surface area contributed by atoms with Gasteiger partial charge in [0.25, 0.3) is 0 Å². The monoisotopic (exact) mass is 984 g/mol. The number of ether oxygens (including phenoxy) is 10. The van der Waals surface area contributed by atoms with Crippen LogP contribution in [-0.2, 0) is 57.0 Å². The van der Waals surface area contributed by atoms with E-state index in [1.807, 2.05) is 6.92 Å². The Balaban J connectivity index is 0.752. The summed E-state index contributed by atoms with van der Waals surface area (Å²) >= 11 is 0. The van der Waals surface area contributed by atoms with Gasteiger partial charge >= 0.3 is 11.9 Å². The maximum Gasteiger partial charge on any atom is 0.331 e. The van der Waals surface area contributed by atoms with Crippen molar-refractivity contribution in [3.05, 3.63) is 11.6 Å². The molecule has 392 valence electrons. The molecule has 0 bridgehead atoms. The molecule has 4 saturated heterocycles. The normalized spacial score (nSPS) is 53.3. The first-order valence-electron chi connectivity index (χ1n) is 25.3. The molecular weight excluding hydrogens is 909 g/mol. The molecule has 26 atom stereocenters. The van der Waals surface area contributed by atoms with Gasteiger partial charge in [0, 0.05) is 37.7 Å². The van der Waals surface area contributed by atoms with Crippen LogP contribution in [0.5, 0.6) is 0 Å². The van der Waals surface area contributed by atoms with Gasteiger partial charge in [0.15, 0.2) is 25.2 Å². The van der Waals surface area contributed by atoms with Crippen molar-refractivity contribution >= 4 is 11.9 Å². The Morgan fingerprint density at radius 1 is 0.710 bits per heavy atom. The van der Waals surface area contributed by atoms with Crippen molar-refractivity contribution in [2.75, 3.05) is 13.2 Å². The molecule has 0 spiro atoms. The summed E-state index contributed by atoms with van der Waals surface area (Å²) in [5, 5.41) is 88.1. The average Bonchev–Trinajstić information content (AvgIpc) is 3.84. The zero-order valence-electron chi connectivity index (χ0n) is 40.5. The predicted octanol–water partition coefficient (Wildman–Crippen LogP) is 0.613. The number of cyclic esters (lactones) is 1. The Labute approximate surface area is 402 Å². The lowest BCUT2D eigenvalue weighted by Crippen LogP contribution is -2.67. The second kappa shape index (κ2) is 20.0. The van der Waals surface area contributed by atoms with Crippen LogP contribution in [-0.4, -0.2) is 188 Å². The molecule has 0 aromatic carbocycles. The van der Waals surface area contributed by atoms with Crippen LogP contribution in [0.25, 0.3) is 0 Å². The Kier molecular flexibility index (Phi) is 15.1. The average molecular weight is 985 g/mol. The highest BCUT2D eigenvalue weighted by Gasteiger charge is 2.71. The first kappa shape index (κ1) is 51.9. The van der Waals surface area contributed by atoms with Crippen LogP contribution in [0.3, 0.4) is 0 Å². The highest BCUT2D eigenvalue weighted by molar-refractivity contribution is 5.85. The van der Waals surface area contributed by atoms with Crippen molar-refractivity contribution in [3.63, 3.8) is 0 Å². The van der Waals surface area contributed by atoms with E-state index in [1.165, 1.54) is 6.92 Å². The molecule has 0 aromatic rings. The molecule has 0 aromatic heterocycles. The molecule has 4 aliphatic carbocycles. The molecule has 20 nitrogen and oxygen atoms in total. The van der Waals surface area contributed by atoms with Gasteiger partial charge < -0.3 is 88.2 Å². The number of hydrogen-bond donors (Lipinski definition) is 8. The van der Waals surface area contributed by atoms with Crippen molar-refractivity contribution in [1.82, 2.24) is 0 Å². The van der Waals surface area contributed by atoms with Crippen LogP contribution in [0, 0.1) is 34.5 Å². The smallest absolute Gasteiger partial charge is 0.331 e. The molecule has 4 saturated carbocycles. The third-order valence-electron chi connectivity index (χ3n) is 18.4. The third kappa shape index (κ3) is 9.48. The SMILES string of the molecule is CC(=O)O[C@@H]1C[C@@H](O[C@@H]2[C@H](O)C[C@@H](O[C@@H]3[C@H](O)C[C@@H](O[C@@H]4CC[C@]5(C)[C@@H](CC[C@H]6[C@H]5C[C@H](O)[C@@]5(C)[C@H](C7=CC(=O)OC7)CC[C@@]65O)C4)O[C@H]3C)O[C@H]2C)O[C@@H](C)[C@@H]1O[C@H]1O[C@@H](CO)[C@H](O)[C@@H](O)[C@@H]1O. The second-order valence-corrected chi connectivity index (χ2v) is 22.2. The molecule has 69 heavy (non-hydrogen) atoms. The lowest BCUT2D eigenvalue weighted by Gasteiger charge is -2.65. The Morgan fingerprint density at radius 2 is 1.33 bits per heavy atom. The van der Waals surface area contributed by atoms with Crippen LogP contribution < -0.4 is 0 Å². The summed E-state index contributed by atoms with van der Waals surface area (Å²) < 4.78 is 60.1. The summed E-state index contributed by atoms with van der Waals surface area (Å²) in [7, 11) is 0. The summed E-state index contributed by atoms with van der Waals surface area (Å²) in [5.41, 5.74) is -1.01. The highest BCUT2D eigenvalue weighted by atomic mass is 16.8. The fourth-order valence-corrected chi connectivity index (χ4v) is 14.6. The van der Waals surface area contributed by atoms with E-state index in [1.54, 1.807) is 26.8 Å². The van der Waals surface area contributed by atoms with Gasteiger partial charge in [0.05, 0.1) is 54.9 Å². The first-order valence-corrected chi connectivity index (χ1v) is 25.3. The van der Waals surface area contributed by atoms with E-state index < -0.39 is 134 Å². The van der Waals surface area contributed by atoms with Gasteiger partial charge in [0.2, 0.25) is 0 Å². The molecule has 20 heteroatoms. The lowest BCUT2D eigenvalue weighted by atomic mass is 9.42. The fraction of sp³-hybridized carbons (Fsp3) is 0.918. The van der Waals surface area contributed by atoms with E-state index in [-0.39, 0.29) is 61.1 Å². The van der Waals surface area contributed by atoms with Gasteiger partial charge in [-0.25, -0.2) is 4.79 Å². The molecule has 9 rings (SSSR count). The van der Waals surface area contributed by atoms with Crippen LogP contribution in [0.1, 0.15) is 112 Å². The maximum atomic E-state index is 12.6. The number of rotatable bonds is 11. The predicted molar refractivity (Wildman–Crippen MR) is 235 cm³/mol. The van der Waals surface area contributed by atoms with Gasteiger partial charge in [-0.1, -0.05) is 13.8 Å². The second-order valence-electron chi connectivity index (χ2n) is 22.2. The highest BCUT2D eigenvalue weighted by Crippen LogP contribution is 2.70. The Bertz CT molecular complexity index is 1850.